The van der Waals surface area contributed by atoms with E-state index in [2.05, 4.69) is 36.2 Å². The van der Waals surface area contributed by atoms with E-state index in [0.717, 1.165) is 28.1 Å². The van der Waals surface area contributed by atoms with Gasteiger partial charge in [0, 0.05) is 28.3 Å². The maximum atomic E-state index is 5.40. The lowest BCUT2D eigenvalue weighted by atomic mass is 10.2. The fourth-order valence-electron chi connectivity index (χ4n) is 2.31. The summed E-state index contributed by atoms with van der Waals surface area (Å²) in [6.45, 7) is 2.16. The molecular weight excluding hydrogens is 292 g/mol. The van der Waals surface area contributed by atoms with Gasteiger partial charge >= 0.3 is 0 Å². The molecule has 1 atom stereocenters. The number of benzene rings is 2. The van der Waals surface area contributed by atoms with Crippen molar-refractivity contribution in [2.75, 3.05) is 12.9 Å². The summed E-state index contributed by atoms with van der Waals surface area (Å²) in [5, 5.41) is 1.05. The van der Waals surface area contributed by atoms with Crippen LogP contribution in [0.2, 0.25) is 0 Å². The van der Waals surface area contributed by atoms with E-state index < -0.39 is 0 Å². The van der Waals surface area contributed by atoms with Crippen molar-refractivity contribution >= 4 is 27.3 Å². The molecule has 3 aromatic rings. The minimum atomic E-state index is -0.183. The second kappa shape index (κ2) is 6.71. The van der Waals surface area contributed by atoms with E-state index in [1.165, 1.54) is 4.90 Å². The van der Waals surface area contributed by atoms with E-state index in [0.29, 0.717) is 0 Å². The van der Waals surface area contributed by atoms with Gasteiger partial charge < -0.3 is 4.74 Å². The second-order valence-corrected chi connectivity index (χ2v) is 6.74. The first-order valence-electron chi connectivity index (χ1n) is 7.22. The van der Waals surface area contributed by atoms with Crippen molar-refractivity contribution in [2.24, 2.45) is 4.36 Å². The lowest BCUT2D eigenvalue weighted by Crippen LogP contribution is -1.94. The molecule has 0 saturated heterocycles. The summed E-state index contributed by atoms with van der Waals surface area (Å²) in [7, 11) is 1.50. The van der Waals surface area contributed by atoms with Crippen molar-refractivity contribution in [3.8, 4) is 5.75 Å². The van der Waals surface area contributed by atoms with Gasteiger partial charge in [-0.15, -0.1) is 0 Å². The summed E-state index contributed by atoms with van der Waals surface area (Å²) < 4.78 is 10.4. The highest BCUT2D eigenvalue weighted by Crippen LogP contribution is 2.31. The van der Waals surface area contributed by atoms with Crippen molar-refractivity contribution in [1.82, 2.24) is 4.98 Å². The maximum absolute atomic E-state index is 5.40. The van der Waals surface area contributed by atoms with Crippen molar-refractivity contribution in [3.63, 3.8) is 0 Å². The number of pyridine rings is 1. The summed E-state index contributed by atoms with van der Waals surface area (Å²) in [5.74, 6) is 1.78. The maximum Gasteiger partial charge on any atom is 0.121 e. The molecule has 0 spiro atoms. The Kier molecular flexibility index (Phi) is 4.49. The lowest BCUT2D eigenvalue weighted by molar-refractivity contribution is 0.415. The minimum Gasteiger partial charge on any atom is -0.497 e. The lowest BCUT2D eigenvalue weighted by Gasteiger charge is -2.09. The highest BCUT2D eigenvalue weighted by Gasteiger charge is 2.07. The Labute approximate surface area is 133 Å². The summed E-state index contributed by atoms with van der Waals surface area (Å²) in [5.41, 5.74) is 1.81. The molecule has 0 saturated carbocycles. The van der Waals surface area contributed by atoms with E-state index in [1.54, 1.807) is 13.3 Å². The third kappa shape index (κ3) is 3.02. The van der Waals surface area contributed by atoms with Crippen LogP contribution < -0.4 is 4.74 Å². The molecule has 0 amide bonds. The molecule has 3 rings (SSSR count). The molecular formula is C18H18N2OS. The van der Waals surface area contributed by atoms with Crippen LogP contribution >= 0.6 is 0 Å². The van der Waals surface area contributed by atoms with Crippen LogP contribution in [-0.4, -0.2) is 17.8 Å². The van der Waals surface area contributed by atoms with E-state index in [4.69, 9.17) is 9.10 Å². The average molecular weight is 310 g/mol. The molecule has 4 heteroatoms. The molecule has 0 aliphatic heterocycles. The zero-order valence-corrected chi connectivity index (χ0v) is 13.5. The van der Waals surface area contributed by atoms with Gasteiger partial charge in [-0.1, -0.05) is 41.9 Å². The van der Waals surface area contributed by atoms with Crippen molar-refractivity contribution in [1.29, 1.82) is 0 Å². The topological polar surface area (TPSA) is 34.5 Å². The predicted octanol–water partition coefficient (Wildman–Crippen LogP) is 4.76. The molecule has 1 aromatic heterocycles. The average Bonchev–Trinajstić information content (AvgIpc) is 2.60. The fourth-order valence-corrected chi connectivity index (χ4v) is 3.73. The molecule has 0 fully saturated rings. The number of ether oxygens (including phenoxy) is 1. The van der Waals surface area contributed by atoms with Gasteiger partial charge in [-0.3, -0.25) is 4.98 Å². The monoisotopic (exact) mass is 310 g/mol. The Bertz CT molecular complexity index is 816. The predicted molar refractivity (Wildman–Crippen MR) is 93.0 cm³/mol. The SMILES string of the molecule is CCS(=Nc1cc(OC)cc2cccnc12)c1ccccc1. The van der Waals surface area contributed by atoms with Gasteiger partial charge in [-0.25, -0.2) is 4.36 Å². The number of nitrogens with zero attached hydrogens (tertiary/aromatic N) is 2. The van der Waals surface area contributed by atoms with Crippen LogP contribution in [0.1, 0.15) is 6.92 Å². The van der Waals surface area contributed by atoms with Gasteiger partial charge in [-0.2, -0.15) is 0 Å². The Morgan fingerprint density at radius 3 is 2.64 bits per heavy atom. The molecule has 0 radical (unpaired) electrons. The van der Waals surface area contributed by atoms with Gasteiger partial charge in [-0.05, 0) is 24.3 Å². The van der Waals surface area contributed by atoms with Gasteiger partial charge in [0.25, 0.3) is 0 Å². The number of methoxy groups -OCH3 is 1. The van der Waals surface area contributed by atoms with Gasteiger partial charge in [0.2, 0.25) is 0 Å². The second-order valence-electron chi connectivity index (χ2n) is 4.78. The molecule has 22 heavy (non-hydrogen) atoms. The van der Waals surface area contributed by atoms with Crippen LogP contribution in [0.5, 0.6) is 5.75 Å². The number of hydrogen-bond donors (Lipinski definition) is 0. The Morgan fingerprint density at radius 2 is 1.91 bits per heavy atom. The van der Waals surface area contributed by atoms with E-state index in [1.807, 2.05) is 30.3 Å². The van der Waals surface area contributed by atoms with Crippen LogP contribution in [0.4, 0.5) is 5.69 Å². The Balaban J connectivity index is 2.18. The molecule has 112 valence electrons. The number of aromatic nitrogens is 1. The number of fused-ring (bicyclic) bond motifs is 1. The third-order valence-corrected chi connectivity index (χ3v) is 5.17. The summed E-state index contributed by atoms with van der Waals surface area (Å²) in [6.07, 6.45) is 1.81. The zero-order chi connectivity index (χ0) is 15.4. The first kappa shape index (κ1) is 14.7. The van der Waals surface area contributed by atoms with Crippen LogP contribution in [0.25, 0.3) is 10.9 Å². The van der Waals surface area contributed by atoms with Crippen LogP contribution in [-0.2, 0) is 10.7 Å². The number of rotatable bonds is 4. The van der Waals surface area contributed by atoms with E-state index in [9.17, 15) is 0 Å². The quantitative estimate of drug-likeness (QED) is 0.696. The summed E-state index contributed by atoms with van der Waals surface area (Å²) >= 11 is 0. The molecule has 1 unspecified atom stereocenters. The highest BCUT2D eigenvalue weighted by atomic mass is 32.2. The normalized spacial score (nSPS) is 12.5. The van der Waals surface area contributed by atoms with Gasteiger partial charge in [0.05, 0.1) is 12.6 Å². The van der Waals surface area contributed by atoms with Crippen LogP contribution in [0.3, 0.4) is 0 Å². The smallest absolute Gasteiger partial charge is 0.121 e. The Morgan fingerprint density at radius 1 is 1.09 bits per heavy atom. The molecule has 0 aliphatic carbocycles. The minimum absolute atomic E-state index is 0.183. The first-order chi connectivity index (χ1) is 10.8. The molecule has 0 bridgehead atoms. The highest BCUT2D eigenvalue weighted by molar-refractivity contribution is 7.87. The number of hydrogen-bond acceptors (Lipinski definition) is 3. The summed E-state index contributed by atoms with van der Waals surface area (Å²) in [6, 6.07) is 18.3. The van der Waals surface area contributed by atoms with Crippen molar-refractivity contribution in [2.45, 2.75) is 11.8 Å². The van der Waals surface area contributed by atoms with Crippen molar-refractivity contribution in [3.05, 3.63) is 60.8 Å². The van der Waals surface area contributed by atoms with Crippen LogP contribution in [0.15, 0.2) is 70.1 Å². The Hall–Kier alpha value is -2.20. The molecule has 2 aromatic carbocycles. The first-order valence-corrected chi connectivity index (χ1v) is 8.57. The fraction of sp³-hybridized carbons (Fsp3) is 0.167. The zero-order valence-electron chi connectivity index (χ0n) is 12.7. The van der Waals surface area contributed by atoms with Gasteiger partial charge in [0.1, 0.15) is 11.4 Å². The van der Waals surface area contributed by atoms with E-state index >= 15 is 0 Å². The molecule has 1 heterocycles. The van der Waals surface area contributed by atoms with Crippen LogP contribution in [0, 0.1) is 0 Å². The van der Waals surface area contributed by atoms with Crippen molar-refractivity contribution < 1.29 is 4.74 Å². The molecule has 3 nitrogen and oxygen atoms in total. The largest absolute Gasteiger partial charge is 0.497 e. The third-order valence-electron chi connectivity index (χ3n) is 3.39. The van der Waals surface area contributed by atoms with Gasteiger partial charge in [0.15, 0.2) is 0 Å². The standard InChI is InChI=1S/C18H18N2OS/c1-3-22(16-9-5-4-6-10-16)20-17-13-15(21-2)12-14-8-7-11-19-18(14)17/h4-13H,3H2,1-2H3. The molecule has 0 N–H and O–H groups in total. The van der Waals surface area contributed by atoms with E-state index in [-0.39, 0.29) is 10.7 Å². The summed E-state index contributed by atoms with van der Waals surface area (Å²) in [4.78, 5) is 5.74. The molecule has 0 aliphatic rings.